The number of unbranched alkanes of at least 4 members (excludes halogenated alkanes) is 1. The van der Waals surface area contributed by atoms with Gasteiger partial charge in [0.2, 0.25) is 0 Å². The molecule has 0 spiro atoms. The monoisotopic (exact) mass is 309 g/mol. The van der Waals surface area contributed by atoms with Crippen molar-refractivity contribution in [1.82, 2.24) is 9.55 Å². The van der Waals surface area contributed by atoms with Gasteiger partial charge in [-0.15, -0.1) is 0 Å². The zero-order valence-electron chi connectivity index (χ0n) is 13.7. The van der Waals surface area contributed by atoms with E-state index in [-0.39, 0.29) is 0 Å². The standard InChI is InChI=1S/C17H31N3S/c1-3-5-12-20-16(18)15(11-13-21-4-2)19-17(20)14-9-7-6-8-10-14/h14H,3-13,18H2,1-2H3. The number of nitrogens with two attached hydrogens (primary N) is 1. The third-order valence-electron chi connectivity index (χ3n) is 4.51. The van der Waals surface area contributed by atoms with Crippen LogP contribution in [0.3, 0.4) is 0 Å². The van der Waals surface area contributed by atoms with E-state index in [1.165, 1.54) is 56.5 Å². The average molecular weight is 310 g/mol. The fraction of sp³-hybridized carbons (Fsp3) is 0.824. The van der Waals surface area contributed by atoms with Crippen LogP contribution in [0.2, 0.25) is 0 Å². The minimum absolute atomic E-state index is 0.644. The molecule has 0 amide bonds. The van der Waals surface area contributed by atoms with Crippen LogP contribution in [0.15, 0.2) is 0 Å². The predicted octanol–water partition coefficient (Wildman–Crippen LogP) is 4.61. The van der Waals surface area contributed by atoms with Crippen LogP contribution < -0.4 is 5.73 Å². The van der Waals surface area contributed by atoms with Gasteiger partial charge in [-0.25, -0.2) is 4.98 Å². The molecule has 0 saturated heterocycles. The number of hydrogen-bond acceptors (Lipinski definition) is 3. The second-order valence-electron chi connectivity index (χ2n) is 6.09. The van der Waals surface area contributed by atoms with E-state index in [0.29, 0.717) is 5.92 Å². The van der Waals surface area contributed by atoms with Crippen LogP contribution in [0, 0.1) is 0 Å². The Morgan fingerprint density at radius 3 is 2.67 bits per heavy atom. The SMILES string of the molecule is CCCCn1c(C2CCCCC2)nc(CCSCC)c1N. The number of nitrogens with zero attached hydrogens (tertiary/aromatic N) is 2. The van der Waals surface area contributed by atoms with Gasteiger partial charge in [-0.05, 0) is 30.8 Å². The largest absolute Gasteiger partial charge is 0.384 e. The van der Waals surface area contributed by atoms with Gasteiger partial charge < -0.3 is 10.3 Å². The number of anilines is 1. The lowest BCUT2D eigenvalue weighted by atomic mass is 9.88. The fourth-order valence-electron chi connectivity index (χ4n) is 3.26. The molecule has 21 heavy (non-hydrogen) atoms. The van der Waals surface area contributed by atoms with Gasteiger partial charge in [0.15, 0.2) is 0 Å². The first-order valence-corrected chi connectivity index (χ1v) is 9.85. The molecule has 1 aromatic rings. The maximum atomic E-state index is 6.43. The normalized spacial score (nSPS) is 16.5. The van der Waals surface area contributed by atoms with E-state index < -0.39 is 0 Å². The number of hydrogen-bond donors (Lipinski definition) is 1. The lowest BCUT2D eigenvalue weighted by Crippen LogP contribution is -2.14. The Kier molecular flexibility index (Phi) is 6.94. The van der Waals surface area contributed by atoms with Crippen LogP contribution in [0.5, 0.6) is 0 Å². The summed E-state index contributed by atoms with van der Waals surface area (Å²) in [5.74, 6) is 5.19. The molecule has 0 atom stereocenters. The third-order valence-corrected chi connectivity index (χ3v) is 5.41. The molecule has 1 aromatic heterocycles. The van der Waals surface area contributed by atoms with Gasteiger partial charge in [0.05, 0.1) is 5.69 Å². The summed E-state index contributed by atoms with van der Waals surface area (Å²) in [7, 11) is 0. The highest BCUT2D eigenvalue weighted by Crippen LogP contribution is 2.34. The molecular weight excluding hydrogens is 278 g/mol. The molecular formula is C17H31N3S. The van der Waals surface area contributed by atoms with Gasteiger partial charge in [0, 0.05) is 18.9 Å². The summed E-state index contributed by atoms with van der Waals surface area (Å²) in [6.07, 6.45) is 10.1. The van der Waals surface area contributed by atoms with E-state index in [1.807, 2.05) is 11.8 Å². The van der Waals surface area contributed by atoms with Gasteiger partial charge in [-0.1, -0.05) is 39.5 Å². The third kappa shape index (κ3) is 4.41. The van der Waals surface area contributed by atoms with Crippen molar-refractivity contribution in [2.24, 2.45) is 0 Å². The number of nitrogen functional groups attached to an aromatic ring is 1. The van der Waals surface area contributed by atoms with Crippen molar-refractivity contribution in [1.29, 1.82) is 0 Å². The number of thioether (sulfide) groups is 1. The Morgan fingerprint density at radius 2 is 2.00 bits per heavy atom. The van der Waals surface area contributed by atoms with Crippen LogP contribution in [0.1, 0.15) is 76.2 Å². The molecule has 1 aliphatic carbocycles. The first kappa shape index (κ1) is 16.7. The van der Waals surface area contributed by atoms with E-state index >= 15 is 0 Å². The number of aromatic nitrogens is 2. The topological polar surface area (TPSA) is 43.8 Å². The van der Waals surface area contributed by atoms with Crippen molar-refractivity contribution in [2.75, 3.05) is 17.2 Å². The highest BCUT2D eigenvalue weighted by Gasteiger charge is 2.23. The Hall–Kier alpha value is -0.640. The lowest BCUT2D eigenvalue weighted by molar-refractivity contribution is 0.413. The number of aryl methyl sites for hydroxylation is 1. The van der Waals surface area contributed by atoms with E-state index in [0.717, 1.165) is 30.2 Å². The van der Waals surface area contributed by atoms with Crippen molar-refractivity contribution >= 4 is 17.6 Å². The van der Waals surface area contributed by atoms with Gasteiger partial charge in [0.25, 0.3) is 0 Å². The Bertz CT molecular complexity index is 422. The van der Waals surface area contributed by atoms with E-state index in [4.69, 9.17) is 10.7 Å². The van der Waals surface area contributed by atoms with Crippen molar-refractivity contribution in [2.45, 2.75) is 77.7 Å². The summed E-state index contributed by atoms with van der Waals surface area (Å²) >= 11 is 1.98. The molecule has 1 aliphatic rings. The summed E-state index contributed by atoms with van der Waals surface area (Å²) in [5.41, 5.74) is 7.57. The first-order chi connectivity index (χ1) is 10.3. The Labute approximate surface area is 134 Å². The molecule has 120 valence electrons. The average Bonchev–Trinajstić information content (AvgIpc) is 2.83. The molecule has 1 fully saturated rings. The molecule has 0 bridgehead atoms. The van der Waals surface area contributed by atoms with E-state index in [1.54, 1.807) is 0 Å². The highest BCUT2D eigenvalue weighted by molar-refractivity contribution is 7.99. The van der Waals surface area contributed by atoms with Crippen LogP contribution in [0.25, 0.3) is 0 Å². The van der Waals surface area contributed by atoms with E-state index in [9.17, 15) is 0 Å². The molecule has 0 unspecified atom stereocenters. The zero-order chi connectivity index (χ0) is 15.1. The van der Waals surface area contributed by atoms with Crippen LogP contribution >= 0.6 is 11.8 Å². The molecule has 0 radical (unpaired) electrons. The number of imidazole rings is 1. The van der Waals surface area contributed by atoms with Crippen molar-refractivity contribution in [3.8, 4) is 0 Å². The van der Waals surface area contributed by atoms with E-state index in [2.05, 4.69) is 18.4 Å². The molecule has 1 saturated carbocycles. The van der Waals surface area contributed by atoms with Crippen LogP contribution in [0.4, 0.5) is 5.82 Å². The summed E-state index contributed by atoms with van der Waals surface area (Å²) in [4.78, 5) is 4.98. The first-order valence-electron chi connectivity index (χ1n) is 8.70. The minimum Gasteiger partial charge on any atom is -0.384 e. The maximum Gasteiger partial charge on any atom is 0.126 e. The smallest absolute Gasteiger partial charge is 0.126 e. The minimum atomic E-state index is 0.644. The van der Waals surface area contributed by atoms with Gasteiger partial charge in [-0.2, -0.15) is 11.8 Å². The second kappa shape index (κ2) is 8.72. The molecule has 3 nitrogen and oxygen atoms in total. The molecule has 0 aliphatic heterocycles. The summed E-state index contributed by atoms with van der Waals surface area (Å²) in [6.45, 7) is 5.50. The van der Waals surface area contributed by atoms with Gasteiger partial charge in [-0.3, -0.25) is 0 Å². The van der Waals surface area contributed by atoms with Crippen LogP contribution in [-0.4, -0.2) is 21.1 Å². The van der Waals surface area contributed by atoms with Gasteiger partial charge >= 0.3 is 0 Å². The molecule has 2 rings (SSSR count). The van der Waals surface area contributed by atoms with Crippen molar-refractivity contribution < 1.29 is 0 Å². The predicted molar refractivity (Wildman–Crippen MR) is 94.1 cm³/mol. The van der Waals surface area contributed by atoms with Crippen molar-refractivity contribution in [3.05, 3.63) is 11.5 Å². The summed E-state index contributed by atoms with van der Waals surface area (Å²) in [5, 5.41) is 0. The maximum absolute atomic E-state index is 6.43. The fourth-order valence-corrected chi connectivity index (χ4v) is 3.88. The lowest BCUT2D eigenvalue weighted by Gasteiger charge is -2.22. The Morgan fingerprint density at radius 1 is 1.24 bits per heavy atom. The quantitative estimate of drug-likeness (QED) is 0.713. The zero-order valence-corrected chi connectivity index (χ0v) is 14.6. The van der Waals surface area contributed by atoms with Crippen molar-refractivity contribution in [3.63, 3.8) is 0 Å². The van der Waals surface area contributed by atoms with Crippen LogP contribution in [-0.2, 0) is 13.0 Å². The molecule has 0 aromatic carbocycles. The molecule has 1 heterocycles. The summed E-state index contributed by atoms with van der Waals surface area (Å²) < 4.78 is 2.34. The van der Waals surface area contributed by atoms with Gasteiger partial charge in [0.1, 0.15) is 11.6 Å². The molecule has 4 heteroatoms. The highest BCUT2D eigenvalue weighted by atomic mass is 32.2. The second-order valence-corrected chi connectivity index (χ2v) is 7.48. The summed E-state index contributed by atoms with van der Waals surface area (Å²) in [6, 6.07) is 0. The Balaban J connectivity index is 2.16. The molecule has 2 N–H and O–H groups in total. The number of rotatable bonds is 8.